The van der Waals surface area contributed by atoms with Crippen LogP contribution in [0.2, 0.25) is 0 Å². The van der Waals surface area contributed by atoms with E-state index < -0.39 is 23.5 Å². The predicted molar refractivity (Wildman–Crippen MR) is 59.7 cm³/mol. The Morgan fingerprint density at radius 3 is 1.75 bits per heavy atom. The van der Waals surface area contributed by atoms with E-state index in [4.69, 9.17) is 0 Å². The van der Waals surface area contributed by atoms with Crippen molar-refractivity contribution < 1.29 is 26.3 Å². The summed E-state index contributed by atoms with van der Waals surface area (Å²) in [5, 5.41) is 0. The van der Waals surface area contributed by atoms with Gasteiger partial charge < -0.3 is 4.57 Å². The van der Waals surface area contributed by atoms with Crippen molar-refractivity contribution in [3.8, 4) is 11.3 Å². The van der Waals surface area contributed by atoms with Crippen LogP contribution < -0.4 is 0 Å². The van der Waals surface area contributed by atoms with Gasteiger partial charge in [-0.1, -0.05) is 0 Å². The molecule has 1 aromatic carbocycles. The zero-order valence-corrected chi connectivity index (χ0v) is 10.1. The quantitative estimate of drug-likeness (QED) is 0.681. The first kappa shape index (κ1) is 14.5. The summed E-state index contributed by atoms with van der Waals surface area (Å²) in [5.74, 6) is 0. The number of nitrogens with zero attached hydrogens (tertiary/aromatic N) is 1. The van der Waals surface area contributed by atoms with Gasteiger partial charge in [-0.15, -0.1) is 0 Å². The molecule has 0 saturated heterocycles. The first-order valence-electron chi connectivity index (χ1n) is 5.41. The lowest BCUT2D eigenvalue weighted by Gasteiger charge is -2.14. The molecular formula is C13H8F6N. The number of halogens is 6. The molecule has 20 heavy (non-hydrogen) atoms. The minimum atomic E-state index is -4.84. The van der Waals surface area contributed by atoms with E-state index in [0.717, 1.165) is 0 Å². The highest BCUT2D eigenvalue weighted by atomic mass is 19.4. The molecule has 1 nitrogen and oxygen atoms in total. The van der Waals surface area contributed by atoms with Crippen LogP contribution in [0, 0.1) is 6.07 Å². The molecule has 0 spiro atoms. The van der Waals surface area contributed by atoms with Crippen LogP contribution in [0.4, 0.5) is 26.3 Å². The minimum Gasteiger partial charge on any atom is -0.350 e. The van der Waals surface area contributed by atoms with Gasteiger partial charge in [-0.25, -0.2) is 0 Å². The minimum absolute atomic E-state index is 0.107. The molecule has 2 aromatic rings. The molecule has 0 aliphatic carbocycles. The van der Waals surface area contributed by atoms with Crippen molar-refractivity contribution in [3.63, 3.8) is 0 Å². The number of alkyl halides is 6. The molecule has 107 valence electrons. The second-order valence-electron chi connectivity index (χ2n) is 4.23. The van der Waals surface area contributed by atoms with Crippen molar-refractivity contribution in [3.05, 3.63) is 47.7 Å². The highest BCUT2D eigenvalue weighted by Gasteiger charge is 2.37. The number of aromatic nitrogens is 1. The molecule has 1 heterocycles. The molecule has 0 N–H and O–H groups in total. The van der Waals surface area contributed by atoms with Gasteiger partial charge >= 0.3 is 12.4 Å². The van der Waals surface area contributed by atoms with E-state index in [0.29, 0.717) is 12.1 Å². The Morgan fingerprint density at radius 1 is 0.900 bits per heavy atom. The van der Waals surface area contributed by atoms with Crippen molar-refractivity contribution in [1.82, 2.24) is 4.57 Å². The van der Waals surface area contributed by atoms with Crippen molar-refractivity contribution in [2.75, 3.05) is 0 Å². The van der Waals surface area contributed by atoms with Crippen LogP contribution in [0.25, 0.3) is 11.3 Å². The van der Waals surface area contributed by atoms with Crippen LogP contribution in [-0.4, -0.2) is 4.57 Å². The molecule has 0 saturated carbocycles. The van der Waals surface area contributed by atoms with Crippen LogP contribution in [0.3, 0.4) is 0 Å². The lowest BCUT2D eigenvalue weighted by atomic mass is 10.0. The maximum absolute atomic E-state index is 12.7. The van der Waals surface area contributed by atoms with Gasteiger partial charge in [0.05, 0.1) is 11.1 Å². The van der Waals surface area contributed by atoms with E-state index in [1.807, 2.05) is 0 Å². The van der Waals surface area contributed by atoms with Crippen LogP contribution >= 0.6 is 0 Å². The molecule has 7 heteroatoms. The molecule has 1 radical (unpaired) electrons. The standard InChI is InChI=1S/C13H8F6N/c1-20-4-2-3-11(20)8-5-9(12(14,15)16)7-10(6-8)13(17,18)19/h3-7H,1H3. The molecule has 0 fully saturated rings. The first-order chi connectivity index (χ1) is 9.09. The zero-order valence-electron chi connectivity index (χ0n) is 10.1. The van der Waals surface area contributed by atoms with Gasteiger partial charge in [0.2, 0.25) is 0 Å². The molecule has 0 unspecified atom stereocenters. The van der Waals surface area contributed by atoms with Gasteiger partial charge in [0, 0.05) is 25.0 Å². The highest BCUT2D eigenvalue weighted by molar-refractivity contribution is 5.62. The molecule has 0 amide bonds. The third kappa shape index (κ3) is 2.81. The zero-order chi connectivity index (χ0) is 15.1. The molecule has 0 aliphatic heterocycles. The summed E-state index contributed by atoms with van der Waals surface area (Å²) in [7, 11) is 1.51. The number of hydrogen-bond acceptors (Lipinski definition) is 0. The van der Waals surface area contributed by atoms with E-state index in [1.165, 1.54) is 23.9 Å². The normalized spacial score (nSPS) is 12.8. The molecule has 2 rings (SSSR count). The number of aryl methyl sites for hydroxylation is 1. The highest BCUT2D eigenvalue weighted by Crippen LogP contribution is 2.38. The van der Waals surface area contributed by atoms with E-state index in [2.05, 4.69) is 6.07 Å². The molecule has 1 aromatic heterocycles. The fourth-order valence-electron chi connectivity index (χ4n) is 1.79. The topological polar surface area (TPSA) is 4.93 Å². The first-order valence-corrected chi connectivity index (χ1v) is 5.41. The van der Waals surface area contributed by atoms with Crippen LogP contribution in [0.1, 0.15) is 11.1 Å². The fourth-order valence-corrected chi connectivity index (χ4v) is 1.79. The molecule has 0 atom stereocenters. The smallest absolute Gasteiger partial charge is 0.350 e. The average molecular weight is 292 g/mol. The van der Waals surface area contributed by atoms with Crippen LogP contribution in [0.15, 0.2) is 30.5 Å². The summed E-state index contributed by atoms with van der Waals surface area (Å²) in [6, 6.07) is 5.44. The number of rotatable bonds is 1. The van der Waals surface area contributed by atoms with Crippen LogP contribution in [0.5, 0.6) is 0 Å². The van der Waals surface area contributed by atoms with Crippen molar-refractivity contribution in [1.29, 1.82) is 0 Å². The van der Waals surface area contributed by atoms with E-state index in [-0.39, 0.29) is 17.3 Å². The number of hydrogen-bond donors (Lipinski definition) is 0. The van der Waals surface area contributed by atoms with Crippen molar-refractivity contribution in [2.45, 2.75) is 12.4 Å². The number of benzene rings is 1. The Bertz CT molecular complexity index is 588. The second-order valence-corrected chi connectivity index (χ2v) is 4.23. The second kappa shape index (κ2) is 4.57. The summed E-state index contributed by atoms with van der Waals surface area (Å²) >= 11 is 0. The molecule has 0 bridgehead atoms. The Kier molecular flexibility index (Phi) is 3.31. The lowest BCUT2D eigenvalue weighted by molar-refractivity contribution is -0.143. The maximum Gasteiger partial charge on any atom is 0.416 e. The van der Waals surface area contributed by atoms with E-state index in [1.54, 1.807) is 0 Å². The molecular weight excluding hydrogens is 284 g/mol. The average Bonchev–Trinajstić information content (AvgIpc) is 2.72. The summed E-state index contributed by atoms with van der Waals surface area (Å²) in [4.78, 5) is 0. The van der Waals surface area contributed by atoms with Crippen molar-refractivity contribution in [2.24, 2.45) is 7.05 Å². The van der Waals surface area contributed by atoms with Gasteiger partial charge in [0.1, 0.15) is 0 Å². The SMILES string of the molecule is Cn1c[c]cc1-c1cc(C(F)(F)F)cc(C(F)(F)F)c1. The largest absolute Gasteiger partial charge is 0.416 e. The van der Waals surface area contributed by atoms with Crippen molar-refractivity contribution >= 4 is 0 Å². The van der Waals surface area contributed by atoms with Gasteiger partial charge in [-0.3, -0.25) is 0 Å². The Labute approximate surface area is 110 Å². The predicted octanol–water partition coefficient (Wildman–Crippen LogP) is 4.53. The Morgan fingerprint density at radius 2 is 1.40 bits per heavy atom. The van der Waals surface area contributed by atoms with Gasteiger partial charge in [-0.05, 0) is 29.8 Å². The maximum atomic E-state index is 12.7. The van der Waals surface area contributed by atoms with E-state index >= 15 is 0 Å². The third-order valence-corrected chi connectivity index (χ3v) is 2.75. The van der Waals surface area contributed by atoms with E-state index in [9.17, 15) is 26.3 Å². The fraction of sp³-hybridized carbons (Fsp3) is 0.231. The lowest BCUT2D eigenvalue weighted by Crippen LogP contribution is -2.11. The monoisotopic (exact) mass is 292 g/mol. The summed E-state index contributed by atoms with van der Waals surface area (Å²) in [6.07, 6.45) is -8.27. The summed E-state index contributed by atoms with van der Waals surface area (Å²) in [6.45, 7) is 0. The van der Waals surface area contributed by atoms with Gasteiger partial charge in [-0.2, -0.15) is 26.3 Å². The molecule has 0 aliphatic rings. The Hall–Kier alpha value is -1.92. The summed E-state index contributed by atoms with van der Waals surface area (Å²) < 4.78 is 77.6. The third-order valence-electron chi connectivity index (χ3n) is 2.75. The Balaban J connectivity index is 2.67. The van der Waals surface area contributed by atoms with Crippen LogP contribution in [-0.2, 0) is 19.4 Å². The van der Waals surface area contributed by atoms with Gasteiger partial charge in [0.15, 0.2) is 0 Å². The van der Waals surface area contributed by atoms with Gasteiger partial charge in [0.25, 0.3) is 0 Å². The summed E-state index contributed by atoms with van der Waals surface area (Å²) in [5.41, 5.74) is -2.59.